The fraction of sp³-hybridized carbons (Fsp3) is 0.308. The maximum atomic E-state index is 14.3. The minimum atomic E-state index is -0.696. The van der Waals surface area contributed by atoms with Crippen LogP contribution < -0.4 is 9.47 Å². The van der Waals surface area contributed by atoms with E-state index >= 15 is 0 Å². The van der Waals surface area contributed by atoms with Gasteiger partial charge in [0.2, 0.25) is 0 Å². The second-order valence-corrected chi connectivity index (χ2v) is 3.93. The molecule has 0 spiro atoms. The maximum Gasteiger partial charge on any atom is 0.361 e. The van der Waals surface area contributed by atoms with Crippen molar-refractivity contribution in [2.45, 2.75) is 6.92 Å². The largest absolute Gasteiger partial charge is 0.497 e. The molecule has 1 aromatic carbocycles. The standard InChI is InChI=1S/C13H14FN3O4/c1-4-21-13(18)12-11(15-17-16-12)10-8(14)5-7(19-2)6-9(10)20-3/h5-6H,4H2,1-3H3,(H,15,16,17). The van der Waals surface area contributed by atoms with E-state index in [-0.39, 0.29) is 35.1 Å². The molecule has 0 radical (unpaired) electrons. The molecule has 0 aliphatic heterocycles. The van der Waals surface area contributed by atoms with Gasteiger partial charge in [0, 0.05) is 12.1 Å². The van der Waals surface area contributed by atoms with Crippen molar-refractivity contribution in [1.82, 2.24) is 15.4 Å². The Morgan fingerprint density at radius 3 is 2.67 bits per heavy atom. The predicted octanol–water partition coefficient (Wildman–Crippen LogP) is 1.80. The number of methoxy groups -OCH3 is 2. The molecule has 2 rings (SSSR count). The van der Waals surface area contributed by atoms with Crippen molar-refractivity contribution in [3.8, 4) is 22.8 Å². The Morgan fingerprint density at radius 2 is 2.05 bits per heavy atom. The average Bonchev–Trinajstić information content (AvgIpc) is 2.95. The number of benzene rings is 1. The minimum absolute atomic E-state index is 0.00935. The molecule has 8 heteroatoms. The van der Waals surface area contributed by atoms with Crippen LogP contribution in [0.25, 0.3) is 11.3 Å². The molecule has 0 aliphatic carbocycles. The molecule has 7 nitrogen and oxygen atoms in total. The molecular weight excluding hydrogens is 281 g/mol. The highest BCUT2D eigenvalue weighted by Crippen LogP contribution is 2.36. The van der Waals surface area contributed by atoms with E-state index in [1.54, 1.807) is 6.92 Å². The zero-order valence-corrected chi connectivity index (χ0v) is 11.8. The number of ether oxygens (including phenoxy) is 3. The Balaban J connectivity index is 2.57. The van der Waals surface area contributed by atoms with Crippen molar-refractivity contribution in [2.24, 2.45) is 0 Å². The number of esters is 1. The second kappa shape index (κ2) is 6.21. The molecule has 21 heavy (non-hydrogen) atoms. The number of carbonyl (C=O) groups is 1. The smallest absolute Gasteiger partial charge is 0.361 e. The number of nitrogens with one attached hydrogen (secondary N) is 1. The molecule has 0 bridgehead atoms. The first kappa shape index (κ1) is 14.8. The Hall–Kier alpha value is -2.64. The van der Waals surface area contributed by atoms with Crippen molar-refractivity contribution < 1.29 is 23.4 Å². The first-order valence-electron chi connectivity index (χ1n) is 6.12. The molecule has 0 amide bonds. The Kier molecular flexibility index (Phi) is 4.36. The van der Waals surface area contributed by atoms with E-state index in [2.05, 4.69) is 15.4 Å². The van der Waals surface area contributed by atoms with E-state index in [9.17, 15) is 9.18 Å². The molecule has 0 atom stereocenters. The van der Waals surface area contributed by atoms with Crippen LogP contribution in [0, 0.1) is 5.82 Å². The van der Waals surface area contributed by atoms with Crippen LogP contribution in [0.4, 0.5) is 4.39 Å². The summed E-state index contributed by atoms with van der Waals surface area (Å²) in [5, 5.41) is 9.81. The van der Waals surface area contributed by atoms with Crippen LogP contribution >= 0.6 is 0 Å². The van der Waals surface area contributed by atoms with E-state index < -0.39 is 11.8 Å². The third-order valence-electron chi connectivity index (χ3n) is 2.74. The van der Waals surface area contributed by atoms with Crippen molar-refractivity contribution in [1.29, 1.82) is 0 Å². The first-order valence-corrected chi connectivity index (χ1v) is 6.12. The summed E-state index contributed by atoms with van der Waals surface area (Å²) >= 11 is 0. The Bertz CT molecular complexity index is 657. The Labute approximate surface area is 120 Å². The van der Waals surface area contributed by atoms with Crippen LogP contribution in [0.3, 0.4) is 0 Å². The summed E-state index contributed by atoms with van der Waals surface area (Å²) < 4.78 is 29.2. The highest BCUT2D eigenvalue weighted by molar-refractivity contribution is 5.94. The van der Waals surface area contributed by atoms with Crippen LogP contribution in [0.5, 0.6) is 11.5 Å². The van der Waals surface area contributed by atoms with E-state index in [4.69, 9.17) is 14.2 Å². The summed E-state index contributed by atoms with van der Waals surface area (Å²) in [4.78, 5) is 11.8. The van der Waals surface area contributed by atoms with Gasteiger partial charge in [-0.1, -0.05) is 0 Å². The normalized spacial score (nSPS) is 10.3. The van der Waals surface area contributed by atoms with Crippen molar-refractivity contribution >= 4 is 5.97 Å². The summed E-state index contributed by atoms with van der Waals surface area (Å²) in [5.41, 5.74) is -0.0835. The van der Waals surface area contributed by atoms with Crippen LogP contribution in [-0.4, -0.2) is 42.2 Å². The summed E-state index contributed by atoms with van der Waals surface area (Å²) in [7, 11) is 2.79. The van der Waals surface area contributed by atoms with Crippen LogP contribution in [0.15, 0.2) is 12.1 Å². The number of halogens is 1. The molecule has 0 fully saturated rings. The number of rotatable bonds is 5. The van der Waals surface area contributed by atoms with Gasteiger partial charge in [-0.15, -0.1) is 5.10 Å². The number of H-pyrrole nitrogens is 1. The average molecular weight is 295 g/mol. The minimum Gasteiger partial charge on any atom is -0.497 e. The summed E-state index contributed by atoms with van der Waals surface area (Å²) in [6.45, 7) is 1.83. The van der Waals surface area contributed by atoms with Gasteiger partial charge in [0.05, 0.1) is 26.4 Å². The third kappa shape index (κ3) is 2.78. The van der Waals surface area contributed by atoms with Gasteiger partial charge in [0.1, 0.15) is 23.0 Å². The van der Waals surface area contributed by atoms with Gasteiger partial charge in [-0.05, 0) is 6.92 Å². The van der Waals surface area contributed by atoms with Crippen LogP contribution in [0.1, 0.15) is 17.4 Å². The zero-order chi connectivity index (χ0) is 15.4. The predicted molar refractivity (Wildman–Crippen MR) is 70.8 cm³/mol. The van der Waals surface area contributed by atoms with Gasteiger partial charge >= 0.3 is 5.97 Å². The van der Waals surface area contributed by atoms with Crippen molar-refractivity contribution in [3.05, 3.63) is 23.6 Å². The number of aromatic amines is 1. The molecule has 1 aromatic heterocycles. The topological polar surface area (TPSA) is 86.3 Å². The van der Waals surface area contributed by atoms with Gasteiger partial charge in [0.25, 0.3) is 0 Å². The highest BCUT2D eigenvalue weighted by atomic mass is 19.1. The van der Waals surface area contributed by atoms with E-state index in [0.29, 0.717) is 0 Å². The maximum absolute atomic E-state index is 14.3. The SMILES string of the molecule is CCOC(=O)c1n[nH]nc1-c1c(F)cc(OC)cc1OC. The van der Waals surface area contributed by atoms with Crippen LogP contribution in [-0.2, 0) is 4.74 Å². The first-order chi connectivity index (χ1) is 10.1. The fourth-order valence-electron chi connectivity index (χ4n) is 1.81. The quantitative estimate of drug-likeness (QED) is 0.846. The van der Waals surface area contributed by atoms with E-state index in [0.717, 1.165) is 0 Å². The summed E-state index contributed by atoms with van der Waals surface area (Å²) in [6.07, 6.45) is 0. The lowest BCUT2D eigenvalue weighted by Gasteiger charge is -2.10. The highest BCUT2D eigenvalue weighted by Gasteiger charge is 2.25. The molecular formula is C13H14FN3O4. The number of hydrogen-bond acceptors (Lipinski definition) is 6. The number of carbonyl (C=O) groups excluding carboxylic acids is 1. The Morgan fingerprint density at radius 1 is 1.29 bits per heavy atom. The monoisotopic (exact) mass is 295 g/mol. The van der Waals surface area contributed by atoms with E-state index in [1.807, 2.05) is 0 Å². The lowest BCUT2D eigenvalue weighted by Crippen LogP contribution is -2.07. The molecule has 112 valence electrons. The van der Waals surface area contributed by atoms with Crippen molar-refractivity contribution in [2.75, 3.05) is 20.8 Å². The zero-order valence-electron chi connectivity index (χ0n) is 11.8. The van der Waals surface area contributed by atoms with Gasteiger partial charge in [-0.2, -0.15) is 10.3 Å². The molecule has 0 unspecified atom stereocenters. The van der Waals surface area contributed by atoms with Gasteiger partial charge in [-0.25, -0.2) is 9.18 Å². The molecule has 2 aromatic rings. The summed E-state index contributed by atoms with van der Waals surface area (Å²) in [5.74, 6) is -0.884. The van der Waals surface area contributed by atoms with Crippen molar-refractivity contribution in [3.63, 3.8) is 0 Å². The molecule has 0 saturated heterocycles. The van der Waals surface area contributed by atoms with Gasteiger partial charge in [0.15, 0.2) is 5.69 Å². The van der Waals surface area contributed by atoms with Crippen LogP contribution in [0.2, 0.25) is 0 Å². The third-order valence-corrected chi connectivity index (χ3v) is 2.74. The number of nitrogens with zero attached hydrogens (tertiary/aromatic N) is 2. The molecule has 0 saturated carbocycles. The number of hydrogen-bond donors (Lipinski definition) is 1. The number of aromatic nitrogens is 3. The summed E-state index contributed by atoms with van der Waals surface area (Å²) in [6, 6.07) is 2.66. The molecule has 0 aliphatic rings. The van der Waals surface area contributed by atoms with Gasteiger partial charge in [-0.3, -0.25) is 0 Å². The fourth-order valence-corrected chi connectivity index (χ4v) is 1.81. The molecule has 1 heterocycles. The lowest BCUT2D eigenvalue weighted by molar-refractivity contribution is 0.0520. The second-order valence-electron chi connectivity index (χ2n) is 3.93. The van der Waals surface area contributed by atoms with E-state index in [1.165, 1.54) is 26.4 Å². The lowest BCUT2D eigenvalue weighted by atomic mass is 10.1. The van der Waals surface area contributed by atoms with Gasteiger partial charge < -0.3 is 14.2 Å². The molecule has 1 N–H and O–H groups in total.